The van der Waals surface area contributed by atoms with Crippen LogP contribution in [0.1, 0.15) is 60.6 Å². The van der Waals surface area contributed by atoms with E-state index < -0.39 is 15.0 Å². The van der Waals surface area contributed by atoms with E-state index in [4.69, 9.17) is 15.4 Å². The first-order valence-electron chi connectivity index (χ1n) is 7.17. The normalized spacial score (nSPS) is 19.9. The number of hydrogen-bond donors (Lipinski definition) is 1. The fourth-order valence-corrected chi connectivity index (χ4v) is 4.12. The molecular weight excluding hydrogens is 316 g/mol. The molecule has 0 unspecified atom stereocenters. The highest BCUT2D eigenvalue weighted by Crippen LogP contribution is 2.43. The Morgan fingerprint density at radius 2 is 1.95 bits per heavy atom. The summed E-state index contributed by atoms with van der Waals surface area (Å²) in [4.78, 5) is 11.9. The number of hydrogen-bond acceptors (Lipinski definition) is 5. The number of carbonyl (C=O) groups is 1. The second-order valence-corrected chi connectivity index (χ2v) is 8.28. The van der Waals surface area contributed by atoms with Gasteiger partial charge >= 0.3 is 5.97 Å². The van der Waals surface area contributed by atoms with Gasteiger partial charge in [0.05, 0.1) is 12.3 Å². The molecule has 8 heteroatoms. The van der Waals surface area contributed by atoms with E-state index in [1.165, 1.54) is 0 Å². The minimum Gasteiger partial charge on any atom is -0.461 e. The number of nitrogens with zero attached hydrogens (tertiary/aromatic N) is 1. The lowest BCUT2D eigenvalue weighted by Gasteiger charge is -2.09. The zero-order valence-electron chi connectivity index (χ0n) is 11.5. The van der Waals surface area contributed by atoms with Crippen LogP contribution in [0, 0.1) is 5.92 Å². The highest BCUT2D eigenvalue weighted by molar-refractivity contribution is 8.13. The number of nitrogens with one attached hydrogen (secondary N) is 1. The Hall–Kier alpha value is -1.08. The zero-order chi connectivity index (χ0) is 15.0. The van der Waals surface area contributed by atoms with Gasteiger partial charge in [0.1, 0.15) is 4.90 Å². The number of carbonyl (C=O) groups excluding carboxylic acids is 1. The Kier molecular flexibility index (Phi) is 3.96. The van der Waals surface area contributed by atoms with E-state index in [-0.39, 0.29) is 16.5 Å². The molecule has 0 atom stereocenters. The largest absolute Gasteiger partial charge is 0.461 e. The third-order valence-electron chi connectivity index (χ3n) is 4.10. The first-order chi connectivity index (χ1) is 9.97. The van der Waals surface area contributed by atoms with Crippen LogP contribution in [0.3, 0.4) is 0 Å². The van der Waals surface area contributed by atoms with Crippen molar-refractivity contribution >= 4 is 25.7 Å². The van der Waals surface area contributed by atoms with Gasteiger partial charge in [0.2, 0.25) is 0 Å². The molecule has 1 heterocycles. The van der Waals surface area contributed by atoms with Gasteiger partial charge in [0.15, 0.2) is 5.69 Å². The quantitative estimate of drug-likeness (QED) is 0.661. The molecule has 2 aliphatic carbocycles. The van der Waals surface area contributed by atoms with Crippen LogP contribution in [-0.4, -0.2) is 31.2 Å². The summed E-state index contributed by atoms with van der Waals surface area (Å²) in [5, 5.41) is 6.46. The summed E-state index contributed by atoms with van der Waals surface area (Å²) < 4.78 is 28.7. The van der Waals surface area contributed by atoms with Crippen molar-refractivity contribution in [2.24, 2.45) is 5.92 Å². The van der Waals surface area contributed by atoms with Gasteiger partial charge in [-0.05, 0) is 31.6 Å². The zero-order valence-corrected chi connectivity index (χ0v) is 13.0. The molecule has 0 spiro atoms. The van der Waals surface area contributed by atoms with Crippen LogP contribution in [-0.2, 0) is 13.8 Å². The molecule has 1 aromatic heterocycles. The maximum atomic E-state index is 12.1. The Morgan fingerprint density at radius 1 is 1.29 bits per heavy atom. The minimum atomic E-state index is -4.03. The number of esters is 1. The highest BCUT2D eigenvalue weighted by atomic mass is 35.7. The molecule has 1 N–H and O–H groups in total. The molecule has 2 saturated carbocycles. The van der Waals surface area contributed by atoms with Crippen LogP contribution in [0.4, 0.5) is 0 Å². The van der Waals surface area contributed by atoms with E-state index >= 15 is 0 Å². The van der Waals surface area contributed by atoms with Gasteiger partial charge in [-0.1, -0.05) is 12.8 Å². The summed E-state index contributed by atoms with van der Waals surface area (Å²) in [7, 11) is 1.43. The van der Waals surface area contributed by atoms with Gasteiger partial charge in [-0.2, -0.15) is 5.10 Å². The molecule has 0 radical (unpaired) electrons. The summed E-state index contributed by atoms with van der Waals surface area (Å²) in [6, 6.07) is 0. The lowest BCUT2D eigenvalue weighted by molar-refractivity contribution is 0.0431. The van der Waals surface area contributed by atoms with Crippen LogP contribution >= 0.6 is 10.7 Å². The lowest BCUT2D eigenvalue weighted by atomic mass is 10.1. The van der Waals surface area contributed by atoms with Crippen molar-refractivity contribution < 1.29 is 17.9 Å². The standard InChI is InChI=1S/C13H17ClN2O4S/c14-21(18,19)12-10(9-5-6-9)15-16-11(12)13(17)20-7-8-3-1-2-4-8/h8-9H,1-7H2,(H,15,16). The van der Waals surface area contributed by atoms with E-state index in [0.29, 0.717) is 18.2 Å². The van der Waals surface area contributed by atoms with Crippen molar-refractivity contribution in [3.05, 3.63) is 11.4 Å². The second-order valence-electron chi connectivity index (χ2n) is 5.78. The lowest BCUT2D eigenvalue weighted by Crippen LogP contribution is -2.14. The van der Waals surface area contributed by atoms with Crippen LogP contribution in [0.5, 0.6) is 0 Å². The number of H-pyrrole nitrogens is 1. The number of aromatic nitrogens is 2. The van der Waals surface area contributed by atoms with E-state index in [9.17, 15) is 13.2 Å². The first-order valence-corrected chi connectivity index (χ1v) is 9.48. The number of halogens is 1. The molecule has 1 aromatic rings. The van der Waals surface area contributed by atoms with Crippen LogP contribution in [0.15, 0.2) is 4.90 Å². The van der Waals surface area contributed by atoms with Crippen molar-refractivity contribution in [3.8, 4) is 0 Å². The predicted octanol–water partition coefficient (Wildman–Crippen LogP) is 2.56. The van der Waals surface area contributed by atoms with Crippen molar-refractivity contribution in [1.82, 2.24) is 10.2 Å². The van der Waals surface area contributed by atoms with E-state index in [1.807, 2.05) is 0 Å². The van der Waals surface area contributed by atoms with Gasteiger partial charge in [-0.25, -0.2) is 13.2 Å². The average molecular weight is 333 g/mol. The highest BCUT2D eigenvalue weighted by Gasteiger charge is 2.37. The van der Waals surface area contributed by atoms with Crippen molar-refractivity contribution in [1.29, 1.82) is 0 Å². The van der Waals surface area contributed by atoms with Gasteiger partial charge in [-0.15, -0.1) is 0 Å². The van der Waals surface area contributed by atoms with E-state index in [0.717, 1.165) is 38.5 Å². The number of rotatable bonds is 5. The Bertz CT molecular complexity index is 645. The van der Waals surface area contributed by atoms with Crippen LogP contribution < -0.4 is 0 Å². The Morgan fingerprint density at radius 3 is 2.52 bits per heavy atom. The molecule has 116 valence electrons. The van der Waals surface area contributed by atoms with Gasteiger partial charge in [0.25, 0.3) is 9.05 Å². The van der Waals surface area contributed by atoms with Crippen LogP contribution in [0.2, 0.25) is 0 Å². The number of aromatic amines is 1. The molecule has 0 aliphatic heterocycles. The summed E-state index contributed by atoms with van der Waals surface area (Å²) in [6.45, 7) is 0.312. The number of ether oxygens (including phenoxy) is 1. The minimum absolute atomic E-state index is 0.0948. The molecule has 21 heavy (non-hydrogen) atoms. The molecule has 0 saturated heterocycles. The Labute approximate surface area is 127 Å². The van der Waals surface area contributed by atoms with Gasteiger partial charge < -0.3 is 4.74 Å². The second kappa shape index (κ2) is 5.61. The first kappa shape index (κ1) is 14.8. The van der Waals surface area contributed by atoms with Crippen molar-refractivity contribution in [2.75, 3.05) is 6.61 Å². The maximum absolute atomic E-state index is 12.1. The van der Waals surface area contributed by atoms with Crippen LogP contribution in [0.25, 0.3) is 0 Å². The van der Waals surface area contributed by atoms with Gasteiger partial charge in [0, 0.05) is 16.6 Å². The van der Waals surface area contributed by atoms with E-state index in [1.54, 1.807) is 0 Å². The summed E-state index contributed by atoms with van der Waals surface area (Å²) >= 11 is 0. The molecule has 0 aromatic carbocycles. The average Bonchev–Trinajstić information content (AvgIpc) is 2.96. The SMILES string of the molecule is O=C(OCC1CCCC1)c1n[nH]c(C2CC2)c1S(=O)(=O)Cl. The molecule has 6 nitrogen and oxygen atoms in total. The molecule has 0 amide bonds. The fraction of sp³-hybridized carbons (Fsp3) is 0.692. The maximum Gasteiger partial charge on any atom is 0.360 e. The third kappa shape index (κ3) is 3.23. The monoisotopic (exact) mass is 332 g/mol. The fourth-order valence-electron chi connectivity index (χ4n) is 2.82. The summed E-state index contributed by atoms with van der Waals surface area (Å²) in [6.07, 6.45) is 6.13. The van der Waals surface area contributed by atoms with E-state index in [2.05, 4.69) is 10.2 Å². The molecule has 2 fully saturated rings. The van der Waals surface area contributed by atoms with Crippen molar-refractivity contribution in [2.45, 2.75) is 49.3 Å². The van der Waals surface area contributed by atoms with Crippen molar-refractivity contribution in [3.63, 3.8) is 0 Å². The third-order valence-corrected chi connectivity index (χ3v) is 5.46. The summed E-state index contributed by atoms with van der Waals surface area (Å²) in [5.41, 5.74) is 0.211. The van der Waals surface area contributed by atoms with Gasteiger partial charge in [-0.3, -0.25) is 5.10 Å². The Balaban J connectivity index is 1.79. The smallest absolute Gasteiger partial charge is 0.360 e. The molecule has 0 bridgehead atoms. The molecule has 3 rings (SSSR count). The molecule has 2 aliphatic rings. The predicted molar refractivity (Wildman–Crippen MR) is 75.8 cm³/mol. The molecular formula is C13H17ClN2O4S. The summed E-state index contributed by atoms with van der Waals surface area (Å²) in [5.74, 6) is -0.256. The topological polar surface area (TPSA) is 89.1 Å².